The van der Waals surface area contributed by atoms with Crippen LogP contribution in [0.3, 0.4) is 0 Å². The summed E-state index contributed by atoms with van der Waals surface area (Å²) in [5, 5.41) is 8.95. The molecule has 1 aromatic carbocycles. The quantitative estimate of drug-likeness (QED) is 0.736. The number of pyridine rings is 1. The minimum Gasteiger partial charge on any atom is -0.388 e. The van der Waals surface area contributed by atoms with Crippen molar-refractivity contribution >= 4 is 15.8 Å². The number of carbonyl (C=O) groups excluding carboxylic acids is 1. The van der Waals surface area contributed by atoms with E-state index in [-0.39, 0.29) is 22.8 Å². The molecule has 1 aliphatic heterocycles. The number of Topliss-reactive ketones (excluding diaryl/α,β-unsaturated/α-hetero) is 1. The van der Waals surface area contributed by atoms with Crippen molar-refractivity contribution in [3.63, 3.8) is 0 Å². The second kappa shape index (κ2) is 8.48. The summed E-state index contributed by atoms with van der Waals surface area (Å²) in [6.07, 6.45) is 2.94. The number of aliphatic hydroxyl groups is 1. The Hall–Kier alpha value is -2.13. The summed E-state index contributed by atoms with van der Waals surface area (Å²) in [7, 11) is -3.56. The van der Waals surface area contributed by atoms with Gasteiger partial charge in [0, 0.05) is 49.7 Å². The number of aliphatic hydroxyl groups excluding tert-OH is 1. The van der Waals surface area contributed by atoms with Crippen LogP contribution in [-0.4, -0.2) is 65.3 Å². The molecule has 0 amide bonds. The zero-order chi connectivity index (χ0) is 20.3. The molecule has 0 spiro atoms. The minimum absolute atomic E-state index is 0.0361. The van der Waals surface area contributed by atoms with Crippen LogP contribution in [0.25, 0.3) is 0 Å². The first-order valence-electron chi connectivity index (χ1n) is 9.22. The third-order valence-electron chi connectivity index (χ3n) is 5.12. The van der Waals surface area contributed by atoms with Gasteiger partial charge in [0.15, 0.2) is 5.78 Å². The van der Waals surface area contributed by atoms with Crippen molar-refractivity contribution in [2.75, 3.05) is 19.7 Å². The first-order valence-corrected chi connectivity index (χ1v) is 10.7. The highest BCUT2D eigenvalue weighted by Gasteiger charge is 2.36. The van der Waals surface area contributed by atoms with E-state index in [2.05, 4.69) is 9.88 Å². The molecular weight excluding hydrogens is 378 g/mol. The van der Waals surface area contributed by atoms with E-state index < -0.39 is 16.6 Å². The smallest absolute Gasteiger partial charge is 0.244 e. The van der Waals surface area contributed by atoms with Gasteiger partial charge in [-0.05, 0) is 31.5 Å². The SMILES string of the molecule is C[C@@H]1CN(S(=O)(=O)c2cccnc2)C[C@H](C)N1Cc1ccc(C(=O)CO)cc1. The van der Waals surface area contributed by atoms with Gasteiger partial charge in [-0.25, -0.2) is 8.42 Å². The van der Waals surface area contributed by atoms with Crippen molar-refractivity contribution < 1.29 is 18.3 Å². The molecule has 2 aromatic rings. The Kier molecular flexibility index (Phi) is 6.24. The predicted octanol–water partition coefficient (Wildman–Crippen LogP) is 1.54. The molecule has 1 aromatic heterocycles. The van der Waals surface area contributed by atoms with Crippen LogP contribution in [0.15, 0.2) is 53.7 Å². The zero-order valence-corrected chi connectivity index (χ0v) is 16.8. The second-order valence-electron chi connectivity index (χ2n) is 7.16. The number of aromatic nitrogens is 1. The number of nitrogens with zero attached hydrogens (tertiary/aromatic N) is 3. The number of rotatable bonds is 6. The molecule has 1 aliphatic rings. The highest BCUT2D eigenvalue weighted by Crippen LogP contribution is 2.24. The third kappa shape index (κ3) is 4.30. The lowest BCUT2D eigenvalue weighted by Crippen LogP contribution is -2.57. The van der Waals surface area contributed by atoms with Gasteiger partial charge in [-0.2, -0.15) is 4.31 Å². The molecule has 8 heteroatoms. The summed E-state index contributed by atoms with van der Waals surface area (Å²) in [5.41, 5.74) is 1.52. The van der Waals surface area contributed by atoms with Crippen LogP contribution in [0.5, 0.6) is 0 Å². The standard InChI is InChI=1S/C20H25N3O4S/c1-15-11-22(28(26,27)19-4-3-9-21-10-19)12-16(2)23(15)13-17-5-7-18(8-6-17)20(25)14-24/h3-10,15-16,24H,11-14H2,1-2H3/t15-,16+. The van der Waals surface area contributed by atoms with E-state index in [1.165, 1.54) is 10.5 Å². The summed E-state index contributed by atoms with van der Waals surface area (Å²) in [5.74, 6) is -0.303. The maximum absolute atomic E-state index is 12.9. The molecule has 0 bridgehead atoms. The van der Waals surface area contributed by atoms with Crippen molar-refractivity contribution in [2.45, 2.75) is 37.4 Å². The van der Waals surface area contributed by atoms with Gasteiger partial charge in [0.05, 0.1) is 0 Å². The topological polar surface area (TPSA) is 90.8 Å². The molecule has 2 atom stereocenters. The number of hydrogen-bond acceptors (Lipinski definition) is 6. The van der Waals surface area contributed by atoms with Crippen LogP contribution in [0.1, 0.15) is 29.8 Å². The fraction of sp³-hybridized carbons (Fsp3) is 0.400. The second-order valence-corrected chi connectivity index (χ2v) is 9.10. The average Bonchev–Trinajstić information content (AvgIpc) is 2.71. The lowest BCUT2D eigenvalue weighted by atomic mass is 10.1. The van der Waals surface area contributed by atoms with Crippen LogP contribution in [0.2, 0.25) is 0 Å². The van der Waals surface area contributed by atoms with E-state index in [1.807, 2.05) is 26.0 Å². The molecule has 0 saturated carbocycles. The van der Waals surface area contributed by atoms with Gasteiger partial charge < -0.3 is 5.11 Å². The maximum Gasteiger partial charge on any atom is 0.244 e. The lowest BCUT2D eigenvalue weighted by molar-refractivity contribution is 0.0698. The Morgan fingerprint density at radius 1 is 1.14 bits per heavy atom. The van der Waals surface area contributed by atoms with Crippen LogP contribution in [-0.2, 0) is 16.6 Å². The number of piperazine rings is 1. The molecule has 28 heavy (non-hydrogen) atoms. The number of sulfonamides is 1. The maximum atomic E-state index is 12.9. The zero-order valence-electron chi connectivity index (χ0n) is 16.0. The number of carbonyl (C=O) groups is 1. The molecule has 2 heterocycles. The van der Waals surface area contributed by atoms with Crippen molar-refractivity contribution in [3.8, 4) is 0 Å². The molecule has 0 unspecified atom stereocenters. The Morgan fingerprint density at radius 2 is 1.79 bits per heavy atom. The van der Waals surface area contributed by atoms with E-state index in [0.717, 1.165) is 5.56 Å². The minimum atomic E-state index is -3.56. The largest absolute Gasteiger partial charge is 0.388 e. The van der Waals surface area contributed by atoms with E-state index in [4.69, 9.17) is 5.11 Å². The van der Waals surface area contributed by atoms with Crippen LogP contribution >= 0.6 is 0 Å². The Morgan fingerprint density at radius 3 is 2.32 bits per heavy atom. The molecule has 3 rings (SSSR count). The number of hydrogen-bond donors (Lipinski definition) is 1. The van der Waals surface area contributed by atoms with Gasteiger partial charge >= 0.3 is 0 Å². The van der Waals surface area contributed by atoms with E-state index in [9.17, 15) is 13.2 Å². The number of ketones is 1. The van der Waals surface area contributed by atoms with Crippen molar-refractivity contribution in [1.82, 2.24) is 14.2 Å². The fourth-order valence-electron chi connectivity index (χ4n) is 3.56. The molecule has 7 nitrogen and oxygen atoms in total. The monoisotopic (exact) mass is 403 g/mol. The average molecular weight is 404 g/mol. The highest BCUT2D eigenvalue weighted by atomic mass is 32.2. The molecule has 1 N–H and O–H groups in total. The summed E-state index contributed by atoms with van der Waals surface area (Å²) in [4.78, 5) is 17.9. The van der Waals surface area contributed by atoms with Gasteiger partial charge in [0.1, 0.15) is 11.5 Å². The fourth-order valence-corrected chi connectivity index (χ4v) is 5.13. The van der Waals surface area contributed by atoms with Crippen LogP contribution in [0, 0.1) is 0 Å². The highest BCUT2D eigenvalue weighted by molar-refractivity contribution is 7.89. The molecule has 1 fully saturated rings. The van der Waals surface area contributed by atoms with Gasteiger partial charge in [-0.1, -0.05) is 24.3 Å². The molecule has 1 saturated heterocycles. The third-order valence-corrected chi connectivity index (χ3v) is 6.94. The van der Waals surface area contributed by atoms with Gasteiger partial charge in [-0.15, -0.1) is 0 Å². The molecule has 150 valence electrons. The predicted molar refractivity (Wildman–Crippen MR) is 105 cm³/mol. The van der Waals surface area contributed by atoms with Gasteiger partial charge in [-0.3, -0.25) is 14.7 Å². The normalized spacial score (nSPS) is 21.5. The van der Waals surface area contributed by atoms with Crippen molar-refractivity contribution in [1.29, 1.82) is 0 Å². The summed E-state index contributed by atoms with van der Waals surface area (Å²) in [6.45, 7) is 5.01. The van der Waals surface area contributed by atoms with E-state index in [0.29, 0.717) is 25.2 Å². The van der Waals surface area contributed by atoms with Gasteiger partial charge in [0.2, 0.25) is 10.0 Å². The van der Waals surface area contributed by atoms with Crippen LogP contribution < -0.4 is 0 Å². The molecular formula is C20H25N3O4S. The number of benzene rings is 1. The van der Waals surface area contributed by atoms with Gasteiger partial charge in [0.25, 0.3) is 0 Å². The summed E-state index contributed by atoms with van der Waals surface area (Å²) >= 11 is 0. The molecule has 0 radical (unpaired) electrons. The first-order chi connectivity index (χ1) is 13.3. The Labute approximate surface area is 165 Å². The van der Waals surface area contributed by atoms with Crippen LogP contribution in [0.4, 0.5) is 0 Å². The Bertz CT molecular complexity index is 904. The van der Waals surface area contributed by atoms with E-state index >= 15 is 0 Å². The summed E-state index contributed by atoms with van der Waals surface area (Å²) in [6, 6.07) is 10.4. The summed E-state index contributed by atoms with van der Waals surface area (Å²) < 4.78 is 27.3. The van der Waals surface area contributed by atoms with Crippen molar-refractivity contribution in [3.05, 3.63) is 59.9 Å². The molecule has 0 aliphatic carbocycles. The Balaban J connectivity index is 1.71. The van der Waals surface area contributed by atoms with E-state index in [1.54, 1.807) is 30.5 Å². The first kappa shape index (κ1) is 20.6. The van der Waals surface area contributed by atoms with Crippen molar-refractivity contribution in [2.24, 2.45) is 0 Å². The lowest BCUT2D eigenvalue weighted by Gasteiger charge is -2.43.